The van der Waals surface area contributed by atoms with Crippen molar-refractivity contribution in [1.82, 2.24) is 4.90 Å². The zero-order valence-electron chi connectivity index (χ0n) is 14.0. The third-order valence-corrected chi connectivity index (χ3v) is 7.30. The summed E-state index contributed by atoms with van der Waals surface area (Å²) in [5, 5.41) is 0. The highest BCUT2D eigenvalue weighted by atomic mass is 16.5. The molecule has 2 aliphatic carbocycles. The Hall–Kier alpha value is -1.55. The second-order valence-electron chi connectivity index (χ2n) is 7.93. The van der Waals surface area contributed by atoms with Gasteiger partial charge in [0.05, 0.1) is 12.5 Å². The first kappa shape index (κ1) is 13.8. The number of methoxy groups -OCH3 is 1. The predicted octanol–water partition coefficient (Wildman–Crippen LogP) is 2.32. The molecule has 2 aliphatic heterocycles. The lowest BCUT2D eigenvalue weighted by molar-refractivity contribution is -0.150. The van der Waals surface area contributed by atoms with Crippen LogP contribution >= 0.6 is 0 Å². The van der Waals surface area contributed by atoms with Gasteiger partial charge in [0.2, 0.25) is 0 Å². The molecule has 4 heteroatoms. The summed E-state index contributed by atoms with van der Waals surface area (Å²) in [5.74, 6) is 1.90. The molecule has 1 saturated carbocycles. The minimum absolute atomic E-state index is 0.100. The average Bonchev–Trinajstić information content (AvgIpc) is 2.90. The Labute approximate surface area is 136 Å². The maximum absolute atomic E-state index is 12.8. The van der Waals surface area contributed by atoms with E-state index in [1.165, 1.54) is 11.1 Å². The van der Waals surface area contributed by atoms with E-state index in [1.54, 1.807) is 7.11 Å². The molecule has 1 aromatic rings. The summed E-state index contributed by atoms with van der Waals surface area (Å²) >= 11 is 0. The molecule has 1 aromatic carbocycles. The van der Waals surface area contributed by atoms with Gasteiger partial charge in [0, 0.05) is 18.0 Å². The number of piperidine rings is 1. The Morgan fingerprint density at radius 1 is 1.35 bits per heavy atom. The minimum Gasteiger partial charge on any atom is -0.493 e. The van der Waals surface area contributed by atoms with E-state index in [9.17, 15) is 4.79 Å². The summed E-state index contributed by atoms with van der Waals surface area (Å²) < 4.78 is 11.9. The largest absolute Gasteiger partial charge is 0.493 e. The quantitative estimate of drug-likeness (QED) is 0.797. The van der Waals surface area contributed by atoms with E-state index >= 15 is 0 Å². The van der Waals surface area contributed by atoms with E-state index in [2.05, 4.69) is 24.9 Å². The summed E-state index contributed by atoms with van der Waals surface area (Å²) in [4.78, 5) is 15.3. The standard InChI is InChI=1S/C19H23NO3/c1-18-7-6-12(21)17-19(18)8-9-20(2)14(18)10-11-4-5-13(22-3)16(23-17)15(11)19/h4-5,14,17H,6-10H2,1-3H3/t14-,17+,18+,19+/m1/s1. The number of ether oxygens (including phenoxy) is 2. The van der Waals surface area contributed by atoms with Crippen LogP contribution in [0.5, 0.6) is 11.5 Å². The van der Waals surface area contributed by atoms with E-state index in [1.807, 2.05) is 6.07 Å². The van der Waals surface area contributed by atoms with Gasteiger partial charge in [-0.1, -0.05) is 13.0 Å². The molecule has 2 bridgehead atoms. The van der Waals surface area contributed by atoms with E-state index in [0.717, 1.165) is 37.3 Å². The van der Waals surface area contributed by atoms with Crippen LogP contribution in [0.15, 0.2) is 12.1 Å². The molecule has 23 heavy (non-hydrogen) atoms. The molecular formula is C19H23NO3. The number of hydrogen-bond acceptors (Lipinski definition) is 4. The average molecular weight is 313 g/mol. The van der Waals surface area contributed by atoms with Crippen molar-refractivity contribution in [2.75, 3.05) is 20.7 Å². The molecule has 2 heterocycles. The minimum atomic E-state index is -0.317. The third-order valence-electron chi connectivity index (χ3n) is 7.30. The summed E-state index contributed by atoms with van der Waals surface area (Å²) in [6.45, 7) is 3.43. The van der Waals surface area contributed by atoms with E-state index in [0.29, 0.717) is 12.5 Å². The first-order valence-corrected chi connectivity index (χ1v) is 8.63. The molecule has 122 valence electrons. The molecular weight excluding hydrogens is 290 g/mol. The van der Waals surface area contributed by atoms with Gasteiger partial charge in [-0.15, -0.1) is 0 Å². The van der Waals surface area contributed by atoms with Crippen molar-refractivity contribution in [2.45, 2.75) is 50.2 Å². The van der Waals surface area contributed by atoms with Crippen molar-refractivity contribution in [3.05, 3.63) is 23.3 Å². The third kappa shape index (κ3) is 1.33. The van der Waals surface area contributed by atoms with Crippen molar-refractivity contribution in [1.29, 1.82) is 0 Å². The molecule has 0 aromatic heterocycles. The van der Waals surface area contributed by atoms with Crippen molar-refractivity contribution in [3.63, 3.8) is 0 Å². The number of rotatable bonds is 1. The molecule has 4 aliphatic rings. The number of likely N-dealkylation sites (N-methyl/N-ethyl adjacent to an activating group) is 1. The molecule has 0 N–H and O–H groups in total. The molecule has 1 spiro atoms. The van der Waals surface area contributed by atoms with E-state index < -0.39 is 0 Å². The fourth-order valence-electron chi connectivity index (χ4n) is 6.14. The van der Waals surface area contributed by atoms with Gasteiger partial charge < -0.3 is 14.4 Å². The Morgan fingerprint density at radius 3 is 2.96 bits per heavy atom. The van der Waals surface area contributed by atoms with Gasteiger partial charge in [0.25, 0.3) is 0 Å². The van der Waals surface area contributed by atoms with Gasteiger partial charge in [0.15, 0.2) is 23.4 Å². The monoisotopic (exact) mass is 313 g/mol. The topological polar surface area (TPSA) is 38.8 Å². The molecule has 0 amide bonds. The fraction of sp³-hybridized carbons (Fsp3) is 0.632. The number of hydrogen-bond donors (Lipinski definition) is 0. The SMILES string of the molecule is COc1ccc2c3c1O[C@H]1C(=O)CC[C@@]4(C)[C@@H](C2)N(C)CC[C@]314. The number of likely N-dealkylation sites (tertiary alicyclic amines) is 1. The van der Waals surface area contributed by atoms with Crippen LogP contribution in [0, 0.1) is 5.41 Å². The van der Waals surface area contributed by atoms with Crippen LogP contribution in [0.25, 0.3) is 0 Å². The lowest BCUT2D eigenvalue weighted by Gasteiger charge is -2.63. The van der Waals surface area contributed by atoms with Crippen LogP contribution in [0.1, 0.15) is 37.3 Å². The van der Waals surface area contributed by atoms with Gasteiger partial charge in [0.1, 0.15) is 0 Å². The van der Waals surface area contributed by atoms with Gasteiger partial charge in [-0.2, -0.15) is 0 Å². The summed E-state index contributed by atoms with van der Waals surface area (Å²) in [6, 6.07) is 4.68. The second kappa shape index (κ2) is 4.10. The predicted molar refractivity (Wildman–Crippen MR) is 86.2 cm³/mol. The molecule has 0 unspecified atom stereocenters. The van der Waals surface area contributed by atoms with Gasteiger partial charge >= 0.3 is 0 Å². The first-order valence-electron chi connectivity index (χ1n) is 8.63. The second-order valence-corrected chi connectivity index (χ2v) is 7.93. The number of carbonyl (C=O) groups is 1. The maximum Gasteiger partial charge on any atom is 0.174 e. The zero-order valence-corrected chi connectivity index (χ0v) is 14.0. The van der Waals surface area contributed by atoms with Crippen molar-refractivity contribution in [3.8, 4) is 11.5 Å². The molecule has 0 radical (unpaired) electrons. The van der Waals surface area contributed by atoms with Gasteiger partial charge in [-0.3, -0.25) is 4.79 Å². The molecule has 1 saturated heterocycles. The van der Waals surface area contributed by atoms with Crippen LogP contribution in [-0.4, -0.2) is 43.5 Å². The lowest BCUT2D eigenvalue weighted by atomic mass is 9.44. The number of nitrogens with zero attached hydrogens (tertiary/aromatic N) is 1. The van der Waals surface area contributed by atoms with Crippen molar-refractivity contribution < 1.29 is 14.3 Å². The number of ketones is 1. The first-order chi connectivity index (χ1) is 11.0. The van der Waals surface area contributed by atoms with Gasteiger partial charge in [-0.25, -0.2) is 0 Å². The molecule has 5 rings (SSSR count). The number of benzene rings is 1. The van der Waals surface area contributed by atoms with Crippen LogP contribution in [-0.2, 0) is 16.6 Å². The Kier molecular flexibility index (Phi) is 2.47. The van der Waals surface area contributed by atoms with Crippen LogP contribution in [0.3, 0.4) is 0 Å². The molecule has 4 atom stereocenters. The Balaban J connectivity index is 1.86. The highest BCUT2D eigenvalue weighted by Crippen LogP contribution is 2.68. The molecule has 2 fully saturated rings. The highest BCUT2D eigenvalue weighted by Gasteiger charge is 2.70. The fourth-order valence-corrected chi connectivity index (χ4v) is 6.14. The van der Waals surface area contributed by atoms with Crippen LogP contribution < -0.4 is 9.47 Å². The van der Waals surface area contributed by atoms with E-state index in [-0.39, 0.29) is 22.7 Å². The van der Waals surface area contributed by atoms with Crippen molar-refractivity contribution in [2.24, 2.45) is 5.41 Å². The van der Waals surface area contributed by atoms with Gasteiger partial charge in [-0.05, 0) is 49.9 Å². The Morgan fingerprint density at radius 2 is 2.17 bits per heavy atom. The normalized spacial score (nSPS) is 40.6. The number of Topliss-reactive ketones (excluding diaryl/α,β-unsaturated/α-hetero) is 1. The van der Waals surface area contributed by atoms with Crippen LogP contribution in [0.4, 0.5) is 0 Å². The maximum atomic E-state index is 12.8. The van der Waals surface area contributed by atoms with E-state index in [4.69, 9.17) is 9.47 Å². The summed E-state index contributed by atoms with van der Waals surface area (Å²) in [6.07, 6.45) is 3.34. The number of carbonyl (C=O) groups excluding carboxylic acids is 1. The lowest BCUT2D eigenvalue weighted by Crippen LogP contribution is -2.70. The Bertz CT molecular complexity index is 730. The smallest absolute Gasteiger partial charge is 0.174 e. The zero-order chi connectivity index (χ0) is 16.0. The van der Waals surface area contributed by atoms with Crippen LogP contribution in [0.2, 0.25) is 0 Å². The summed E-state index contributed by atoms with van der Waals surface area (Å²) in [5.41, 5.74) is 2.59. The summed E-state index contributed by atoms with van der Waals surface area (Å²) in [7, 11) is 3.92. The highest BCUT2D eigenvalue weighted by molar-refractivity contribution is 5.89. The molecule has 4 nitrogen and oxygen atoms in total. The van der Waals surface area contributed by atoms with Crippen molar-refractivity contribution >= 4 is 5.78 Å².